The molecule has 1 atom stereocenters. The van der Waals surface area contributed by atoms with Crippen LogP contribution >= 0.6 is 0 Å². The summed E-state index contributed by atoms with van der Waals surface area (Å²) in [6.45, 7) is 0. The monoisotopic (exact) mass is 568 g/mol. The van der Waals surface area contributed by atoms with Gasteiger partial charge < -0.3 is 5.32 Å². The Balaban J connectivity index is 1.16. The zero-order chi connectivity index (χ0) is 29.4. The third-order valence-corrected chi connectivity index (χ3v) is 9.40. The molecular weight excluding hydrogens is 531 g/mol. The first-order valence-corrected chi connectivity index (χ1v) is 14.9. The molecule has 6 rings (SSSR count). The molecule has 2 heterocycles. The molecule has 2 amide bonds. The maximum absolute atomic E-state index is 14.3. The molecule has 1 N–H and O–H groups in total. The predicted octanol–water partition coefficient (Wildman–Crippen LogP) is 5.91. The van der Waals surface area contributed by atoms with Crippen molar-refractivity contribution in [3.05, 3.63) is 78.2 Å². The molecule has 8 heteroatoms. The second-order valence-corrected chi connectivity index (χ2v) is 12.2. The summed E-state index contributed by atoms with van der Waals surface area (Å²) < 4.78 is 14.3. The largest absolute Gasteiger partial charge is 0.352 e. The van der Waals surface area contributed by atoms with Crippen LogP contribution in [0.25, 0.3) is 11.1 Å². The number of fused-ring (bicyclic) bond motifs is 1. The standard InChI is InChI=1S/C34H37FN4O3/c1-38(2)34(17-18-34)33(42)37-26-14-11-22(12-15-26)13-16-28-30(40)29-20-25(35)21-36-31(29)39(32(28)41)27-10-6-9-24(19-27)23-7-4-3-5-8-23/h3-10,19-22,26,28H,11-18H2,1-2H3,(H,37,42). The Morgan fingerprint density at radius 1 is 0.976 bits per heavy atom. The molecule has 218 valence electrons. The Hall–Kier alpha value is -3.91. The van der Waals surface area contributed by atoms with Crippen LogP contribution in [0.2, 0.25) is 0 Å². The summed E-state index contributed by atoms with van der Waals surface area (Å²) in [6, 6.07) is 18.8. The molecule has 3 aliphatic rings. The first kappa shape index (κ1) is 28.2. The maximum atomic E-state index is 14.3. The number of ketones is 1. The smallest absolute Gasteiger partial charge is 0.243 e. The minimum atomic E-state index is -0.895. The van der Waals surface area contributed by atoms with Gasteiger partial charge in [0.25, 0.3) is 0 Å². The highest BCUT2D eigenvalue weighted by atomic mass is 19.1. The van der Waals surface area contributed by atoms with Crippen molar-refractivity contribution in [3.63, 3.8) is 0 Å². The minimum absolute atomic E-state index is 0.130. The number of carbonyl (C=O) groups is 3. The summed E-state index contributed by atoms with van der Waals surface area (Å²) in [4.78, 5) is 48.0. The molecule has 1 aromatic heterocycles. The maximum Gasteiger partial charge on any atom is 0.243 e. The highest BCUT2D eigenvalue weighted by molar-refractivity contribution is 6.23. The van der Waals surface area contributed by atoms with E-state index in [-0.39, 0.29) is 40.6 Å². The zero-order valence-corrected chi connectivity index (χ0v) is 24.2. The van der Waals surface area contributed by atoms with E-state index >= 15 is 0 Å². The number of likely N-dealkylation sites (N-methyl/N-ethyl adjacent to an activating group) is 1. The highest BCUT2D eigenvalue weighted by Crippen LogP contribution is 2.42. The van der Waals surface area contributed by atoms with Gasteiger partial charge in [-0.15, -0.1) is 0 Å². The van der Waals surface area contributed by atoms with E-state index in [0.717, 1.165) is 62.3 Å². The van der Waals surface area contributed by atoms with Crippen LogP contribution in [0.1, 0.15) is 61.7 Å². The molecule has 2 saturated carbocycles. The quantitative estimate of drug-likeness (QED) is 0.342. The summed E-state index contributed by atoms with van der Waals surface area (Å²) in [5, 5.41) is 3.26. The van der Waals surface area contributed by atoms with Crippen LogP contribution in [0, 0.1) is 17.7 Å². The average molecular weight is 569 g/mol. The van der Waals surface area contributed by atoms with Crippen LogP contribution in [-0.2, 0) is 9.59 Å². The Morgan fingerprint density at radius 2 is 1.69 bits per heavy atom. The van der Waals surface area contributed by atoms with Crippen LogP contribution in [0.15, 0.2) is 66.9 Å². The Morgan fingerprint density at radius 3 is 2.38 bits per heavy atom. The van der Waals surface area contributed by atoms with Crippen LogP contribution in [0.5, 0.6) is 0 Å². The van der Waals surface area contributed by atoms with Crippen molar-refractivity contribution in [3.8, 4) is 11.1 Å². The number of benzene rings is 2. The van der Waals surface area contributed by atoms with E-state index in [1.54, 1.807) is 0 Å². The Bertz CT molecular complexity index is 1500. The number of anilines is 2. The second kappa shape index (κ2) is 11.4. The fraction of sp³-hybridized carbons (Fsp3) is 0.412. The van der Waals surface area contributed by atoms with Crippen LogP contribution < -0.4 is 10.2 Å². The average Bonchev–Trinajstić information content (AvgIpc) is 3.82. The van der Waals surface area contributed by atoms with E-state index in [9.17, 15) is 18.8 Å². The van der Waals surface area contributed by atoms with E-state index in [1.165, 1.54) is 11.0 Å². The van der Waals surface area contributed by atoms with E-state index in [1.807, 2.05) is 73.6 Å². The highest BCUT2D eigenvalue weighted by Gasteiger charge is 2.52. The molecule has 1 unspecified atom stereocenters. The van der Waals surface area contributed by atoms with Gasteiger partial charge in [0.05, 0.1) is 23.0 Å². The summed E-state index contributed by atoms with van der Waals surface area (Å²) in [7, 11) is 3.92. The molecule has 42 heavy (non-hydrogen) atoms. The van der Waals surface area contributed by atoms with Crippen molar-refractivity contribution in [2.24, 2.45) is 11.8 Å². The van der Waals surface area contributed by atoms with Crippen molar-refractivity contribution < 1.29 is 18.8 Å². The zero-order valence-electron chi connectivity index (χ0n) is 24.2. The molecular formula is C34H37FN4O3. The van der Waals surface area contributed by atoms with Gasteiger partial charge in [0.1, 0.15) is 11.7 Å². The van der Waals surface area contributed by atoms with Crippen molar-refractivity contribution in [1.29, 1.82) is 0 Å². The Labute approximate surface area is 246 Å². The van der Waals surface area contributed by atoms with Gasteiger partial charge >= 0.3 is 0 Å². The van der Waals surface area contributed by atoms with E-state index in [2.05, 4.69) is 10.3 Å². The number of nitrogens with zero attached hydrogens (tertiary/aromatic N) is 3. The molecule has 2 fully saturated rings. The third-order valence-electron chi connectivity index (χ3n) is 9.40. The first-order valence-electron chi connectivity index (χ1n) is 14.9. The van der Waals surface area contributed by atoms with Crippen LogP contribution in [0.4, 0.5) is 15.9 Å². The van der Waals surface area contributed by atoms with Gasteiger partial charge in [-0.25, -0.2) is 9.37 Å². The molecule has 1 aliphatic heterocycles. The van der Waals surface area contributed by atoms with Crippen molar-refractivity contribution in [1.82, 2.24) is 15.2 Å². The molecule has 0 saturated heterocycles. The number of Topliss-reactive ketones (excluding diaryl/α,β-unsaturated/α-hetero) is 1. The predicted molar refractivity (Wildman–Crippen MR) is 160 cm³/mol. The lowest BCUT2D eigenvalue weighted by molar-refractivity contribution is -0.128. The van der Waals surface area contributed by atoms with Crippen molar-refractivity contribution in [2.45, 2.75) is 62.9 Å². The summed E-state index contributed by atoms with van der Waals surface area (Å²) in [5.41, 5.74) is 2.34. The number of hydrogen-bond acceptors (Lipinski definition) is 5. The van der Waals surface area contributed by atoms with Gasteiger partial charge in [0.15, 0.2) is 11.6 Å². The van der Waals surface area contributed by atoms with E-state index in [0.29, 0.717) is 18.0 Å². The normalized spacial score (nSPS) is 23.0. The lowest BCUT2D eigenvalue weighted by Gasteiger charge is -2.34. The molecule has 0 bridgehead atoms. The lowest BCUT2D eigenvalue weighted by atomic mass is 9.79. The lowest BCUT2D eigenvalue weighted by Crippen LogP contribution is -2.50. The molecule has 2 aromatic carbocycles. The molecule has 3 aromatic rings. The number of aromatic nitrogens is 1. The number of amides is 2. The van der Waals surface area contributed by atoms with Crippen LogP contribution in [0.3, 0.4) is 0 Å². The van der Waals surface area contributed by atoms with Gasteiger partial charge in [-0.2, -0.15) is 0 Å². The minimum Gasteiger partial charge on any atom is -0.352 e. The molecule has 0 radical (unpaired) electrons. The second-order valence-electron chi connectivity index (χ2n) is 12.2. The fourth-order valence-corrected chi connectivity index (χ4v) is 6.62. The number of carbonyl (C=O) groups excluding carboxylic acids is 3. The van der Waals surface area contributed by atoms with E-state index in [4.69, 9.17) is 0 Å². The summed E-state index contributed by atoms with van der Waals surface area (Å²) in [5.74, 6) is -1.51. The Kier molecular flexibility index (Phi) is 7.66. The molecule has 7 nitrogen and oxygen atoms in total. The SMILES string of the molecule is CN(C)C1(C(=O)NC2CCC(CCC3C(=O)c4cc(F)cnc4N(c4cccc(-c5ccccc5)c4)C3=O)CC2)CC1. The molecule has 0 spiro atoms. The van der Waals surface area contributed by atoms with Crippen LogP contribution in [-0.4, -0.2) is 53.2 Å². The van der Waals surface area contributed by atoms with Gasteiger partial charge in [0.2, 0.25) is 11.8 Å². The van der Waals surface area contributed by atoms with Gasteiger partial charge in [-0.3, -0.25) is 24.2 Å². The summed E-state index contributed by atoms with van der Waals surface area (Å²) >= 11 is 0. The first-order chi connectivity index (χ1) is 20.3. The number of pyridine rings is 1. The van der Waals surface area contributed by atoms with Gasteiger partial charge in [-0.05, 0) is 101 Å². The summed E-state index contributed by atoms with van der Waals surface area (Å²) in [6.07, 6.45) is 7.63. The van der Waals surface area contributed by atoms with Crippen molar-refractivity contribution >= 4 is 29.1 Å². The fourth-order valence-electron chi connectivity index (χ4n) is 6.62. The topological polar surface area (TPSA) is 82.6 Å². The van der Waals surface area contributed by atoms with Crippen molar-refractivity contribution in [2.75, 3.05) is 19.0 Å². The molecule has 2 aliphatic carbocycles. The number of nitrogens with one attached hydrogen (secondary N) is 1. The van der Waals surface area contributed by atoms with Gasteiger partial charge in [-0.1, -0.05) is 42.5 Å². The van der Waals surface area contributed by atoms with E-state index < -0.39 is 11.7 Å². The number of halogens is 1. The van der Waals surface area contributed by atoms with Gasteiger partial charge in [0, 0.05) is 6.04 Å². The number of hydrogen-bond donors (Lipinski definition) is 1. The number of rotatable bonds is 8. The third kappa shape index (κ3) is 5.36.